The number of benzene rings is 2. The summed E-state index contributed by atoms with van der Waals surface area (Å²) < 4.78 is 28.2. The molecule has 0 fully saturated rings. The molecule has 1 heterocycles. The molecule has 0 saturated carbocycles. The third kappa shape index (κ3) is 4.02. The van der Waals surface area contributed by atoms with Crippen LogP contribution in [0.4, 0.5) is 0 Å². The highest BCUT2D eigenvalue weighted by atomic mass is 32.2. The fraction of sp³-hybridized carbons (Fsp3) is 0.167. The summed E-state index contributed by atoms with van der Waals surface area (Å²) in [6.45, 7) is 0.299. The molecule has 0 bridgehead atoms. The van der Waals surface area contributed by atoms with E-state index in [1.54, 1.807) is 30.3 Å². The van der Waals surface area contributed by atoms with Crippen LogP contribution < -0.4 is 5.32 Å². The Morgan fingerprint density at radius 2 is 1.79 bits per heavy atom. The van der Waals surface area contributed by atoms with Gasteiger partial charge in [-0.15, -0.1) is 0 Å². The Bertz CT molecular complexity index is 956. The maximum atomic E-state index is 12.2. The predicted octanol–water partition coefficient (Wildman–Crippen LogP) is 2.91. The highest BCUT2D eigenvalue weighted by Gasteiger charge is 2.12. The molecule has 0 aliphatic rings. The highest BCUT2D eigenvalue weighted by molar-refractivity contribution is 7.89. The molecule has 24 heavy (non-hydrogen) atoms. The van der Waals surface area contributed by atoms with Crippen molar-refractivity contribution < 1.29 is 17.6 Å². The van der Waals surface area contributed by atoms with Crippen molar-refractivity contribution in [1.29, 1.82) is 0 Å². The van der Waals surface area contributed by atoms with Gasteiger partial charge < -0.3 is 9.73 Å². The number of para-hydroxylation sites is 1. The van der Waals surface area contributed by atoms with Crippen molar-refractivity contribution in [3.8, 4) is 0 Å². The molecular weight excluding hydrogens is 326 g/mol. The Morgan fingerprint density at radius 1 is 1.04 bits per heavy atom. The van der Waals surface area contributed by atoms with E-state index >= 15 is 0 Å². The van der Waals surface area contributed by atoms with E-state index in [-0.39, 0.29) is 17.4 Å². The second-order valence-corrected chi connectivity index (χ2v) is 7.86. The van der Waals surface area contributed by atoms with Crippen LogP contribution in [0.1, 0.15) is 21.7 Å². The SMILES string of the molecule is CS(=O)(=O)Cc1cccc(CNC(=O)c2cc3ccccc3o2)c1. The van der Waals surface area contributed by atoms with Gasteiger partial charge in [0.05, 0.1) is 5.75 Å². The Kier molecular flexibility index (Phi) is 4.40. The van der Waals surface area contributed by atoms with Crippen molar-refractivity contribution in [3.05, 3.63) is 71.5 Å². The van der Waals surface area contributed by atoms with Gasteiger partial charge >= 0.3 is 0 Å². The van der Waals surface area contributed by atoms with Gasteiger partial charge in [-0.1, -0.05) is 42.5 Å². The Hall–Kier alpha value is -2.60. The molecule has 3 rings (SSSR count). The van der Waals surface area contributed by atoms with Gasteiger partial charge in [-0.25, -0.2) is 8.42 Å². The van der Waals surface area contributed by atoms with Crippen LogP contribution in [0.15, 0.2) is 59.0 Å². The van der Waals surface area contributed by atoms with Gasteiger partial charge in [-0.3, -0.25) is 4.79 Å². The third-order valence-electron chi connectivity index (χ3n) is 3.52. The molecule has 0 aliphatic heterocycles. The summed E-state index contributed by atoms with van der Waals surface area (Å²) in [4.78, 5) is 12.2. The predicted molar refractivity (Wildman–Crippen MR) is 92.4 cm³/mol. The van der Waals surface area contributed by atoms with Crippen LogP contribution in [0.25, 0.3) is 11.0 Å². The molecule has 0 unspecified atom stereocenters. The second kappa shape index (κ2) is 6.49. The lowest BCUT2D eigenvalue weighted by molar-refractivity contribution is 0.0925. The Labute approximate surface area is 140 Å². The van der Waals surface area contributed by atoms with Crippen LogP contribution in [-0.2, 0) is 22.1 Å². The summed E-state index contributed by atoms with van der Waals surface area (Å²) in [6.07, 6.45) is 1.20. The first-order valence-corrected chi connectivity index (χ1v) is 9.49. The number of amides is 1. The van der Waals surface area contributed by atoms with Gasteiger partial charge in [0.15, 0.2) is 15.6 Å². The summed E-state index contributed by atoms with van der Waals surface area (Å²) in [5.74, 6) is -0.0681. The van der Waals surface area contributed by atoms with Crippen molar-refractivity contribution in [2.24, 2.45) is 0 Å². The lowest BCUT2D eigenvalue weighted by Gasteiger charge is -2.06. The summed E-state index contributed by atoms with van der Waals surface area (Å²) in [5.41, 5.74) is 2.20. The second-order valence-electron chi connectivity index (χ2n) is 5.72. The summed E-state index contributed by atoms with van der Waals surface area (Å²) in [7, 11) is -3.09. The number of carbonyl (C=O) groups excluding carboxylic acids is 1. The van der Waals surface area contributed by atoms with Gasteiger partial charge in [0, 0.05) is 18.2 Å². The van der Waals surface area contributed by atoms with Crippen LogP contribution in [0.5, 0.6) is 0 Å². The minimum atomic E-state index is -3.09. The number of hydrogen-bond donors (Lipinski definition) is 1. The summed E-state index contributed by atoms with van der Waals surface area (Å²) >= 11 is 0. The number of furan rings is 1. The lowest BCUT2D eigenvalue weighted by Crippen LogP contribution is -2.22. The minimum absolute atomic E-state index is 0.0155. The molecule has 0 spiro atoms. The molecule has 0 atom stereocenters. The average molecular weight is 343 g/mol. The van der Waals surface area contributed by atoms with Gasteiger partial charge in [0.25, 0.3) is 5.91 Å². The van der Waals surface area contributed by atoms with E-state index in [9.17, 15) is 13.2 Å². The van der Waals surface area contributed by atoms with E-state index in [1.807, 2.05) is 24.3 Å². The molecular formula is C18H17NO4S. The largest absolute Gasteiger partial charge is 0.451 e. The fourth-order valence-corrected chi connectivity index (χ4v) is 3.28. The van der Waals surface area contributed by atoms with Gasteiger partial charge in [0.2, 0.25) is 0 Å². The zero-order valence-corrected chi connectivity index (χ0v) is 14.0. The molecule has 1 aromatic heterocycles. The molecule has 1 amide bonds. The minimum Gasteiger partial charge on any atom is -0.451 e. The van der Waals surface area contributed by atoms with Crippen LogP contribution in [0, 0.1) is 0 Å². The van der Waals surface area contributed by atoms with Gasteiger partial charge in [-0.05, 0) is 23.3 Å². The number of carbonyl (C=O) groups is 1. The van der Waals surface area contributed by atoms with Crippen LogP contribution >= 0.6 is 0 Å². The van der Waals surface area contributed by atoms with Crippen molar-refractivity contribution in [2.75, 3.05) is 6.26 Å². The van der Waals surface area contributed by atoms with E-state index in [1.165, 1.54) is 6.26 Å². The van der Waals surface area contributed by atoms with E-state index in [2.05, 4.69) is 5.32 Å². The number of nitrogens with one attached hydrogen (secondary N) is 1. The van der Waals surface area contributed by atoms with E-state index in [0.29, 0.717) is 17.7 Å². The molecule has 5 nitrogen and oxygen atoms in total. The summed E-state index contributed by atoms with van der Waals surface area (Å²) in [5, 5.41) is 3.66. The van der Waals surface area contributed by atoms with Crippen LogP contribution in [-0.4, -0.2) is 20.6 Å². The third-order valence-corrected chi connectivity index (χ3v) is 4.38. The maximum Gasteiger partial charge on any atom is 0.287 e. The van der Waals surface area contributed by atoms with Gasteiger partial charge in [-0.2, -0.15) is 0 Å². The number of sulfone groups is 1. The van der Waals surface area contributed by atoms with Gasteiger partial charge in [0.1, 0.15) is 5.58 Å². The Morgan fingerprint density at radius 3 is 2.54 bits per heavy atom. The molecule has 0 saturated heterocycles. The fourth-order valence-electron chi connectivity index (χ4n) is 2.50. The van der Waals surface area contributed by atoms with Crippen LogP contribution in [0.2, 0.25) is 0 Å². The first-order chi connectivity index (χ1) is 11.4. The molecule has 1 N–H and O–H groups in total. The molecule has 3 aromatic rings. The average Bonchev–Trinajstić information content (AvgIpc) is 2.95. The summed E-state index contributed by atoms with van der Waals surface area (Å²) in [6, 6.07) is 16.3. The lowest BCUT2D eigenvalue weighted by atomic mass is 10.1. The molecule has 0 aliphatic carbocycles. The van der Waals surface area contributed by atoms with Crippen molar-refractivity contribution in [1.82, 2.24) is 5.32 Å². The van der Waals surface area contributed by atoms with E-state index in [4.69, 9.17) is 4.42 Å². The molecule has 0 radical (unpaired) electrons. The smallest absolute Gasteiger partial charge is 0.287 e. The zero-order valence-electron chi connectivity index (χ0n) is 13.2. The number of fused-ring (bicyclic) bond motifs is 1. The van der Waals surface area contributed by atoms with Crippen molar-refractivity contribution in [2.45, 2.75) is 12.3 Å². The topological polar surface area (TPSA) is 76.4 Å². The quantitative estimate of drug-likeness (QED) is 0.773. The normalized spacial score (nSPS) is 11.5. The Balaban J connectivity index is 1.69. The first-order valence-electron chi connectivity index (χ1n) is 7.43. The molecule has 6 heteroatoms. The molecule has 124 valence electrons. The monoisotopic (exact) mass is 343 g/mol. The maximum absolute atomic E-state index is 12.2. The first kappa shape index (κ1) is 16.3. The highest BCUT2D eigenvalue weighted by Crippen LogP contribution is 2.18. The van der Waals surface area contributed by atoms with Crippen LogP contribution in [0.3, 0.4) is 0 Å². The zero-order chi connectivity index (χ0) is 17.2. The van der Waals surface area contributed by atoms with Crippen molar-refractivity contribution in [3.63, 3.8) is 0 Å². The van der Waals surface area contributed by atoms with E-state index < -0.39 is 9.84 Å². The standard InChI is InChI=1S/C18H17NO4S/c1-24(21,22)12-14-6-4-5-13(9-14)11-19-18(20)17-10-15-7-2-3-8-16(15)23-17/h2-10H,11-12H2,1H3,(H,19,20). The number of hydrogen-bond acceptors (Lipinski definition) is 4. The van der Waals surface area contributed by atoms with E-state index in [0.717, 1.165) is 10.9 Å². The molecule has 2 aromatic carbocycles. The van der Waals surface area contributed by atoms with Crippen molar-refractivity contribution >= 4 is 26.7 Å². The number of rotatable bonds is 5.